The second-order valence-corrected chi connectivity index (χ2v) is 7.72. The molecule has 0 radical (unpaired) electrons. The molecule has 30 heavy (non-hydrogen) atoms. The molecule has 1 saturated heterocycles. The predicted molar refractivity (Wildman–Crippen MR) is 116 cm³/mol. The standard InChI is InChI=1S/C23H36N2O5/c1-6-14-30-20-9-8-19(15-21(20)28-5)16(3)24-17(4)22(26)25-12-10-18(11-13-25)23(27)29-7-2/h8-9,15-18,24H,6-7,10-14H2,1-5H3. The van der Waals surface area contributed by atoms with Crippen LogP contribution in [0.1, 0.15) is 58.6 Å². The van der Waals surface area contributed by atoms with Gasteiger partial charge in [0.25, 0.3) is 0 Å². The van der Waals surface area contributed by atoms with Gasteiger partial charge in [-0.15, -0.1) is 0 Å². The number of nitrogens with one attached hydrogen (secondary N) is 1. The van der Waals surface area contributed by atoms with Gasteiger partial charge in [-0.2, -0.15) is 0 Å². The molecule has 0 spiro atoms. The highest BCUT2D eigenvalue weighted by Gasteiger charge is 2.30. The summed E-state index contributed by atoms with van der Waals surface area (Å²) in [5.74, 6) is 1.22. The lowest BCUT2D eigenvalue weighted by Crippen LogP contribution is -2.49. The summed E-state index contributed by atoms with van der Waals surface area (Å²) >= 11 is 0. The van der Waals surface area contributed by atoms with Crippen molar-refractivity contribution >= 4 is 11.9 Å². The molecular weight excluding hydrogens is 384 g/mol. The first-order valence-electron chi connectivity index (χ1n) is 10.9. The molecule has 1 aliphatic rings. The molecule has 1 fully saturated rings. The van der Waals surface area contributed by atoms with Crippen molar-refractivity contribution in [3.05, 3.63) is 23.8 Å². The van der Waals surface area contributed by atoms with Gasteiger partial charge in [0.2, 0.25) is 5.91 Å². The molecule has 0 aliphatic carbocycles. The van der Waals surface area contributed by atoms with Crippen LogP contribution in [0.2, 0.25) is 0 Å². The summed E-state index contributed by atoms with van der Waals surface area (Å²) in [5.41, 5.74) is 1.02. The number of piperidine rings is 1. The molecule has 1 aliphatic heterocycles. The number of nitrogens with zero attached hydrogens (tertiary/aromatic N) is 1. The number of methoxy groups -OCH3 is 1. The normalized spacial score (nSPS) is 16.6. The van der Waals surface area contributed by atoms with Crippen molar-refractivity contribution in [2.75, 3.05) is 33.4 Å². The van der Waals surface area contributed by atoms with Crippen molar-refractivity contribution < 1.29 is 23.8 Å². The minimum absolute atomic E-state index is 0.0323. The van der Waals surface area contributed by atoms with Crippen LogP contribution in [0, 0.1) is 5.92 Å². The molecule has 168 valence electrons. The van der Waals surface area contributed by atoms with E-state index in [0.717, 1.165) is 17.7 Å². The molecule has 1 aromatic carbocycles. The van der Waals surface area contributed by atoms with E-state index in [2.05, 4.69) is 12.2 Å². The van der Waals surface area contributed by atoms with E-state index in [0.29, 0.717) is 44.9 Å². The first-order chi connectivity index (χ1) is 14.4. The molecule has 1 aromatic rings. The van der Waals surface area contributed by atoms with Crippen molar-refractivity contribution in [2.24, 2.45) is 5.92 Å². The molecule has 1 heterocycles. The molecule has 2 rings (SSSR count). The quantitative estimate of drug-likeness (QED) is 0.585. The van der Waals surface area contributed by atoms with Crippen molar-refractivity contribution in [1.82, 2.24) is 10.2 Å². The number of likely N-dealkylation sites (tertiary alicyclic amines) is 1. The highest BCUT2D eigenvalue weighted by Crippen LogP contribution is 2.30. The van der Waals surface area contributed by atoms with Crippen LogP contribution in [0.5, 0.6) is 11.5 Å². The Kier molecular flexibility index (Phi) is 9.43. The van der Waals surface area contributed by atoms with Gasteiger partial charge in [-0.25, -0.2) is 0 Å². The smallest absolute Gasteiger partial charge is 0.309 e. The molecular formula is C23H36N2O5. The van der Waals surface area contributed by atoms with E-state index in [1.165, 1.54) is 0 Å². The molecule has 0 aromatic heterocycles. The fourth-order valence-electron chi connectivity index (χ4n) is 3.70. The van der Waals surface area contributed by atoms with Crippen molar-refractivity contribution in [3.8, 4) is 11.5 Å². The van der Waals surface area contributed by atoms with Gasteiger partial charge in [-0.05, 0) is 57.7 Å². The van der Waals surface area contributed by atoms with Gasteiger partial charge in [0, 0.05) is 19.1 Å². The van der Waals surface area contributed by atoms with Crippen LogP contribution in [-0.2, 0) is 14.3 Å². The van der Waals surface area contributed by atoms with Gasteiger partial charge in [-0.1, -0.05) is 13.0 Å². The van der Waals surface area contributed by atoms with E-state index in [-0.39, 0.29) is 29.9 Å². The Hall–Kier alpha value is -2.28. The highest BCUT2D eigenvalue weighted by molar-refractivity contribution is 5.82. The third-order valence-electron chi connectivity index (χ3n) is 5.45. The first kappa shape index (κ1) is 24.0. The minimum atomic E-state index is -0.332. The number of ether oxygens (including phenoxy) is 3. The molecule has 1 N–H and O–H groups in total. The van der Waals surface area contributed by atoms with E-state index in [1.54, 1.807) is 7.11 Å². The summed E-state index contributed by atoms with van der Waals surface area (Å²) in [5, 5.41) is 3.38. The monoisotopic (exact) mass is 420 g/mol. The number of amides is 1. The summed E-state index contributed by atoms with van der Waals surface area (Å²) < 4.78 is 16.3. The van der Waals surface area contributed by atoms with Crippen LogP contribution in [0.15, 0.2) is 18.2 Å². The van der Waals surface area contributed by atoms with Crippen LogP contribution in [-0.4, -0.2) is 56.2 Å². The average Bonchev–Trinajstić information content (AvgIpc) is 2.77. The third kappa shape index (κ3) is 6.36. The Labute approximate surface area is 180 Å². The van der Waals surface area contributed by atoms with Gasteiger partial charge >= 0.3 is 5.97 Å². The van der Waals surface area contributed by atoms with E-state index in [1.807, 2.05) is 43.9 Å². The van der Waals surface area contributed by atoms with Gasteiger partial charge < -0.3 is 19.1 Å². The number of hydrogen-bond acceptors (Lipinski definition) is 6. The number of rotatable bonds is 10. The summed E-state index contributed by atoms with van der Waals surface area (Å²) in [6.45, 7) is 9.98. The molecule has 2 unspecified atom stereocenters. The second-order valence-electron chi connectivity index (χ2n) is 7.72. The number of esters is 1. The first-order valence-corrected chi connectivity index (χ1v) is 10.9. The fraction of sp³-hybridized carbons (Fsp3) is 0.652. The maximum Gasteiger partial charge on any atom is 0.309 e. The van der Waals surface area contributed by atoms with Crippen molar-refractivity contribution in [2.45, 2.75) is 59.0 Å². The second kappa shape index (κ2) is 11.8. The third-order valence-corrected chi connectivity index (χ3v) is 5.45. The van der Waals surface area contributed by atoms with Gasteiger partial charge in [-0.3, -0.25) is 14.9 Å². The number of hydrogen-bond donors (Lipinski definition) is 1. The number of carbonyl (C=O) groups excluding carboxylic acids is 2. The largest absolute Gasteiger partial charge is 0.493 e. The molecule has 0 saturated carbocycles. The van der Waals surface area contributed by atoms with Crippen LogP contribution in [0.4, 0.5) is 0 Å². The SMILES string of the molecule is CCCOc1ccc(C(C)NC(C)C(=O)N2CCC(C(=O)OCC)CC2)cc1OC. The van der Waals surface area contributed by atoms with E-state index in [9.17, 15) is 9.59 Å². The minimum Gasteiger partial charge on any atom is -0.493 e. The zero-order valence-corrected chi connectivity index (χ0v) is 18.9. The molecule has 7 heteroatoms. The fourth-order valence-corrected chi connectivity index (χ4v) is 3.70. The molecule has 0 bridgehead atoms. The molecule has 1 amide bonds. The maximum atomic E-state index is 12.9. The summed E-state index contributed by atoms with van der Waals surface area (Å²) in [4.78, 5) is 26.6. The molecule has 7 nitrogen and oxygen atoms in total. The predicted octanol–water partition coefficient (Wildman–Crippen LogP) is 3.32. The van der Waals surface area contributed by atoms with Crippen LogP contribution < -0.4 is 14.8 Å². The van der Waals surface area contributed by atoms with Crippen LogP contribution >= 0.6 is 0 Å². The maximum absolute atomic E-state index is 12.9. The van der Waals surface area contributed by atoms with Crippen LogP contribution in [0.3, 0.4) is 0 Å². The van der Waals surface area contributed by atoms with Gasteiger partial charge in [0.15, 0.2) is 11.5 Å². The summed E-state index contributed by atoms with van der Waals surface area (Å²) in [6.07, 6.45) is 2.24. The Morgan fingerprint density at radius 2 is 1.87 bits per heavy atom. The summed E-state index contributed by atoms with van der Waals surface area (Å²) in [6, 6.07) is 5.49. The van der Waals surface area contributed by atoms with Gasteiger partial charge in [0.05, 0.1) is 32.3 Å². The van der Waals surface area contributed by atoms with E-state index in [4.69, 9.17) is 14.2 Å². The van der Waals surface area contributed by atoms with Crippen molar-refractivity contribution in [3.63, 3.8) is 0 Å². The Balaban J connectivity index is 1.91. The summed E-state index contributed by atoms with van der Waals surface area (Å²) in [7, 11) is 1.63. The van der Waals surface area contributed by atoms with Gasteiger partial charge in [0.1, 0.15) is 0 Å². The zero-order chi connectivity index (χ0) is 22.1. The molecule has 2 atom stereocenters. The zero-order valence-electron chi connectivity index (χ0n) is 18.9. The lowest BCUT2D eigenvalue weighted by Gasteiger charge is -2.33. The topological polar surface area (TPSA) is 77.1 Å². The van der Waals surface area contributed by atoms with Crippen LogP contribution in [0.25, 0.3) is 0 Å². The van der Waals surface area contributed by atoms with Crippen molar-refractivity contribution in [1.29, 1.82) is 0 Å². The van der Waals surface area contributed by atoms with E-state index < -0.39 is 0 Å². The Bertz CT molecular complexity index is 701. The number of benzene rings is 1. The number of carbonyl (C=O) groups is 2. The lowest BCUT2D eigenvalue weighted by molar-refractivity contribution is -0.151. The average molecular weight is 421 g/mol. The Morgan fingerprint density at radius 1 is 1.17 bits per heavy atom. The highest BCUT2D eigenvalue weighted by atomic mass is 16.5. The Morgan fingerprint density at radius 3 is 2.47 bits per heavy atom. The van der Waals surface area contributed by atoms with E-state index >= 15 is 0 Å². The lowest BCUT2D eigenvalue weighted by atomic mass is 9.96.